The number of nitrogens with zero attached hydrogens (tertiary/aromatic N) is 3. The van der Waals surface area contributed by atoms with Gasteiger partial charge in [-0.1, -0.05) is 12.1 Å². The van der Waals surface area contributed by atoms with Crippen LogP contribution in [-0.2, 0) is 10.5 Å². The number of hydrogen-bond acceptors (Lipinski definition) is 6. The number of fused-ring (bicyclic) bond motifs is 1. The third-order valence-electron chi connectivity index (χ3n) is 5.05. The van der Waals surface area contributed by atoms with Crippen LogP contribution < -0.4 is 4.74 Å². The van der Waals surface area contributed by atoms with E-state index < -0.39 is 23.9 Å². The zero-order chi connectivity index (χ0) is 22.2. The summed E-state index contributed by atoms with van der Waals surface area (Å²) in [5.74, 6) is -1.45. The van der Waals surface area contributed by atoms with Crippen LogP contribution in [0, 0.1) is 5.82 Å². The second-order valence-corrected chi connectivity index (χ2v) is 7.00. The van der Waals surface area contributed by atoms with E-state index in [1.165, 1.54) is 42.3 Å². The Kier molecular flexibility index (Phi) is 5.40. The maximum Gasteiger partial charge on any atom is 0.314 e. The number of halogens is 3. The van der Waals surface area contributed by atoms with Crippen LogP contribution in [0.1, 0.15) is 35.2 Å². The number of methoxy groups -OCH3 is 1. The zero-order valence-electron chi connectivity index (χ0n) is 16.6. The van der Waals surface area contributed by atoms with E-state index in [0.717, 1.165) is 0 Å². The Labute approximate surface area is 175 Å². The molecular formula is C21H18F3N3O4. The van der Waals surface area contributed by atoms with Crippen molar-refractivity contribution in [2.45, 2.75) is 19.1 Å². The van der Waals surface area contributed by atoms with E-state index in [2.05, 4.69) is 10.2 Å². The van der Waals surface area contributed by atoms with Gasteiger partial charge in [0.15, 0.2) is 0 Å². The predicted molar refractivity (Wildman–Crippen MR) is 102 cm³/mol. The van der Waals surface area contributed by atoms with Crippen LogP contribution >= 0.6 is 0 Å². The average molecular weight is 433 g/mol. The minimum absolute atomic E-state index is 0.138. The van der Waals surface area contributed by atoms with Gasteiger partial charge in [0.25, 0.3) is 11.8 Å². The number of amides is 1. The fourth-order valence-corrected chi connectivity index (χ4v) is 3.44. The summed E-state index contributed by atoms with van der Waals surface area (Å²) in [5, 5.41) is 6.92. The molecule has 4 rings (SSSR count). The van der Waals surface area contributed by atoms with Crippen molar-refractivity contribution in [2.75, 3.05) is 20.3 Å². The molecule has 1 amide bonds. The normalized spacial score (nSPS) is 18.3. The van der Waals surface area contributed by atoms with Crippen LogP contribution in [0.15, 0.2) is 46.9 Å². The van der Waals surface area contributed by atoms with Gasteiger partial charge in [-0.05, 0) is 37.3 Å². The van der Waals surface area contributed by atoms with E-state index in [4.69, 9.17) is 13.9 Å². The number of benzene rings is 2. The molecule has 1 aliphatic heterocycles. The van der Waals surface area contributed by atoms with Crippen molar-refractivity contribution in [3.8, 4) is 17.2 Å². The molecule has 7 nitrogen and oxygen atoms in total. The van der Waals surface area contributed by atoms with Crippen molar-refractivity contribution < 1.29 is 31.9 Å². The second kappa shape index (κ2) is 8.03. The molecule has 0 spiro atoms. The first-order chi connectivity index (χ1) is 14.8. The lowest BCUT2D eigenvalue weighted by Gasteiger charge is -2.45. The molecule has 2 aromatic carbocycles. The molecule has 0 N–H and O–H groups in total. The average Bonchev–Trinajstić information content (AvgIpc) is 3.24. The lowest BCUT2D eigenvalue weighted by Crippen LogP contribution is -2.55. The van der Waals surface area contributed by atoms with Gasteiger partial charge in [0, 0.05) is 24.8 Å². The van der Waals surface area contributed by atoms with Gasteiger partial charge >= 0.3 is 6.43 Å². The summed E-state index contributed by atoms with van der Waals surface area (Å²) in [6.07, 6.45) is -2.90. The Morgan fingerprint density at radius 3 is 2.55 bits per heavy atom. The minimum Gasteiger partial charge on any atom is -0.463 e. The van der Waals surface area contributed by atoms with Crippen molar-refractivity contribution in [1.82, 2.24) is 15.1 Å². The van der Waals surface area contributed by atoms with E-state index in [9.17, 15) is 18.0 Å². The molecule has 162 valence electrons. The molecule has 1 atom stereocenters. The Bertz CT molecular complexity index is 1100. The Balaban J connectivity index is 1.76. The second-order valence-electron chi connectivity index (χ2n) is 7.00. The lowest BCUT2D eigenvalue weighted by atomic mass is 9.97. The first kappa shape index (κ1) is 20.9. The summed E-state index contributed by atoms with van der Waals surface area (Å²) in [6, 6.07) is 10.2. The van der Waals surface area contributed by atoms with Crippen LogP contribution in [0.4, 0.5) is 13.2 Å². The van der Waals surface area contributed by atoms with E-state index in [1.807, 2.05) is 0 Å². The van der Waals surface area contributed by atoms with Crippen molar-refractivity contribution in [3.63, 3.8) is 0 Å². The maximum absolute atomic E-state index is 13.4. The molecule has 1 aromatic heterocycles. The SMILES string of the molecule is COCCN1C(=O)c2cc(-c3nnc(C(F)F)o3)ccc2OC1(C)c1ccc(F)cc1. The fraction of sp³-hybridized carbons (Fsp3) is 0.286. The highest BCUT2D eigenvalue weighted by Crippen LogP contribution is 2.41. The molecule has 0 aliphatic carbocycles. The van der Waals surface area contributed by atoms with Crippen LogP contribution in [0.2, 0.25) is 0 Å². The summed E-state index contributed by atoms with van der Waals surface area (Å²) >= 11 is 0. The van der Waals surface area contributed by atoms with Gasteiger partial charge in [-0.3, -0.25) is 9.69 Å². The van der Waals surface area contributed by atoms with Gasteiger partial charge in [0.2, 0.25) is 11.6 Å². The van der Waals surface area contributed by atoms with E-state index >= 15 is 0 Å². The van der Waals surface area contributed by atoms with Crippen LogP contribution in [0.25, 0.3) is 11.5 Å². The Morgan fingerprint density at radius 2 is 1.90 bits per heavy atom. The van der Waals surface area contributed by atoms with Gasteiger partial charge in [-0.15, -0.1) is 10.2 Å². The first-order valence-electron chi connectivity index (χ1n) is 9.35. The van der Waals surface area contributed by atoms with Gasteiger partial charge < -0.3 is 13.9 Å². The molecule has 1 unspecified atom stereocenters. The molecule has 10 heteroatoms. The molecular weight excluding hydrogens is 415 g/mol. The van der Waals surface area contributed by atoms with Gasteiger partial charge in [-0.25, -0.2) is 4.39 Å². The van der Waals surface area contributed by atoms with Crippen molar-refractivity contribution in [3.05, 3.63) is 65.3 Å². The molecule has 0 saturated heterocycles. The summed E-state index contributed by atoms with van der Waals surface area (Å²) in [4.78, 5) is 14.9. The topological polar surface area (TPSA) is 77.7 Å². The standard InChI is InChI=1S/C21H18F3N3O4/c1-21(13-4-6-14(22)7-5-13)27(9-10-29-2)20(28)15-11-12(3-8-16(15)31-21)18-25-26-19(30-18)17(23)24/h3-8,11,17H,9-10H2,1-2H3. The predicted octanol–water partition coefficient (Wildman–Crippen LogP) is 4.17. The van der Waals surface area contributed by atoms with Crippen molar-refractivity contribution in [2.24, 2.45) is 0 Å². The summed E-state index contributed by atoms with van der Waals surface area (Å²) < 4.78 is 55.3. The highest BCUT2D eigenvalue weighted by molar-refractivity contribution is 5.99. The number of carbonyl (C=O) groups is 1. The number of aromatic nitrogens is 2. The van der Waals surface area contributed by atoms with Crippen LogP contribution in [0.5, 0.6) is 5.75 Å². The fourth-order valence-electron chi connectivity index (χ4n) is 3.44. The number of carbonyl (C=O) groups excluding carboxylic acids is 1. The minimum atomic E-state index is -2.90. The largest absolute Gasteiger partial charge is 0.463 e. The molecule has 0 bridgehead atoms. The maximum atomic E-state index is 13.4. The number of ether oxygens (including phenoxy) is 2. The highest BCUT2D eigenvalue weighted by atomic mass is 19.3. The van der Waals surface area contributed by atoms with Crippen molar-refractivity contribution >= 4 is 5.91 Å². The van der Waals surface area contributed by atoms with Gasteiger partial charge in [0.1, 0.15) is 11.6 Å². The molecule has 0 saturated carbocycles. The lowest BCUT2D eigenvalue weighted by molar-refractivity contribution is -0.0746. The third kappa shape index (κ3) is 3.74. The monoisotopic (exact) mass is 433 g/mol. The molecule has 2 heterocycles. The number of rotatable bonds is 6. The summed E-state index contributed by atoms with van der Waals surface area (Å²) in [5.41, 5.74) is -0.144. The van der Waals surface area contributed by atoms with E-state index in [1.54, 1.807) is 19.1 Å². The number of alkyl halides is 2. The molecule has 0 fully saturated rings. The van der Waals surface area contributed by atoms with Gasteiger partial charge in [0.05, 0.1) is 12.2 Å². The summed E-state index contributed by atoms with van der Waals surface area (Å²) in [7, 11) is 1.51. The quantitative estimate of drug-likeness (QED) is 0.581. The van der Waals surface area contributed by atoms with Crippen LogP contribution in [-0.4, -0.2) is 41.3 Å². The first-order valence-corrected chi connectivity index (χ1v) is 9.35. The number of hydrogen-bond donors (Lipinski definition) is 0. The van der Waals surface area contributed by atoms with E-state index in [-0.39, 0.29) is 36.3 Å². The zero-order valence-corrected chi connectivity index (χ0v) is 16.6. The van der Waals surface area contributed by atoms with Crippen LogP contribution in [0.3, 0.4) is 0 Å². The van der Waals surface area contributed by atoms with Crippen molar-refractivity contribution in [1.29, 1.82) is 0 Å². The Hall–Kier alpha value is -3.40. The smallest absolute Gasteiger partial charge is 0.314 e. The summed E-state index contributed by atoms with van der Waals surface area (Å²) in [6.45, 7) is 2.14. The van der Waals surface area contributed by atoms with Gasteiger partial charge in [-0.2, -0.15) is 8.78 Å². The van der Waals surface area contributed by atoms with E-state index in [0.29, 0.717) is 11.1 Å². The molecule has 31 heavy (non-hydrogen) atoms. The molecule has 1 aliphatic rings. The highest BCUT2D eigenvalue weighted by Gasteiger charge is 2.44. The Morgan fingerprint density at radius 1 is 1.16 bits per heavy atom. The molecule has 3 aromatic rings. The third-order valence-corrected chi connectivity index (χ3v) is 5.05. The molecule has 0 radical (unpaired) electrons.